The molecule has 0 fully saturated rings. The van der Waals surface area contributed by atoms with Crippen LogP contribution in [0.1, 0.15) is 13.8 Å². The van der Waals surface area contributed by atoms with E-state index in [4.69, 9.17) is 21.1 Å². The molecule has 2 N–H and O–H groups in total. The SMILES string of the molecule is CCNC(=O)N(CC)CC(=O)Nc1nc(-c2ccc(Cl)cc2)cn1-c1cc(OC)cc(OC)c1. The second-order valence-electron chi connectivity index (χ2n) is 7.30. The minimum atomic E-state index is -0.377. The van der Waals surface area contributed by atoms with Gasteiger partial charge in [-0.1, -0.05) is 23.7 Å². The van der Waals surface area contributed by atoms with E-state index < -0.39 is 0 Å². The van der Waals surface area contributed by atoms with Crippen LogP contribution in [0, 0.1) is 0 Å². The van der Waals surface area contributed by atoms with E-state index in [1.165, 1.54) is 4.90 Å². The molecule has 0 spiro atoms. The van der Waals surface area contributed by atoms with E-state index in [1.807, 2.05) is 26.0 Å². The van der Waals surface area contributed by atoms with E-state index >= 15 is 0 Å². The fourth-order valence-electron chi connectivity index (χ4n) is 3.28. The van der Waals surface area contributed by atoms with Crippen LogP contribution in [-0.4, -0.2) is 60.2 Å². The molecule has 2 aromatic carbocycles. The Bertz CT molecular complexity index is 1120. The molecule has 3 amide bonds. The van der Waals surface area contributed by atoms with Crippen molar-refractivity contribution in [3.05, 3.63) is 53.7 Å². The Morgan fingerprint density at radius 3 is 2.26 bits per heavy atom. The zero-order valence-corrected chi connectivity index (χ0v) is 20.3. The van der Waals surface area contributed by atoms with Crippen LogP contribution in [0.25, 0.3) is 16.9 Å². The quantitative estimate of drug-likeness (QED) is 0.473. The van der Waals surface area contributed by atoms with Crippen molar-refractivity contribution >= 4 is 29.5 Å². The number of urea groups is 1. The van der Waals surface area contributed by atoms with E-state index in [1.54, 1.807) is 55.3 Å². The molecule has 0 bridgehead atoms. The summed E-state index contributed by atoms with van der Waals surface area (Å²) in [6.07, 6.45) is 1.80. The normalized spacial score (nSPS) is 10.5. The lowest BCUT2D eigenvalue weighted by Gasteiger charge is -2.20. The predicted molar refractivity (Wildman–Crippen MR) is 132 cm³/mol. The highest BCUT2D eigenvalue weighted by molar-refractivity contribution is 6.30. The first kappa shape index (κ1) is 24.9. The number of carbonyl (C=O) groups excluding carboxylic acids is 2. The fraction of sp³-hybridized carbons (Fsp3) is 0.292. The number of rotatable bonds is 9. The number of ether oxygens (including phenoxy) is 2. The summed E-state index contributed by atoms with van der Waals surface area (Å²) < 4.78 is 12.5. The molecule has 0 aliphatic heterocycles. The Morgan fingerprint density at radius 2 is 1.71 bits per heavy atom. The summed E-state index contributed by atoms with van der Waals surface area (Å²) in [5.74, 6) is 1.08. The Labute approximate surface area is 203 Å². The topological polar surface area (TPSA) is 97.7 Å². The third kappa shape index (κ3) is 5.99. The molecular weight excluding hydrogens is 458 g/mol. The van der Waals surface area contributed by atoms with Gasteiger partial charge in [0.05, 0.1) is 25.6 Å². The highest BCUT2D eigenvalue weighted by atomic mass is 35.5. The van der Waals surface area contributed by atoms with Gasteiger partial charge in [0.1, 0.15) is 18.0 Å². The number of likely N-dealkylation sites (N-methyl/N-ethyl adjacent to an activating group) is 1. The molecule has 1 aromatic heterocycles. The lowest BCUT2D eigenvalue weighted by Crippen LogP contribution is -2.43. The number of hydrogen-bond acceptors (Lipinski definition) is 5. The van der Waals surface area contributed by atoms with Crippen LogP contribution in [0.15, 0.2) is 48.7 Å². The molecule has 0 atom stereocenters. The van der Waals surface area contributed by atoms with Crippen LogP contribution in [0.3, 0.4) is 0 Å². The van der Waals surface area contributed by atoms with Crippen LogP contribution >= 0.6 is 11.6 Å². The number of hydrogen-bond donors (Lipinski definition) is 2. The first-order valence-corrected chi connectivity index (χ1v) is 11.2. The Kier molecular flexibility index (Phi) is 8.37. The maximum Gasteiger partial charge on any atom is 0.317 e. The second kappa shape index (κ2) is 11.4. The van der Waals surface area contributed by atoms with Crippen molar-refractivity contribution in [2.45, 2.75) is 13.8 Å². The summed E-state index contributed by atoms with van der Waals surface area (Å²) in [5, 5.41) is 6.15. The number of methoxy groups -OCH3 is 2. The van der Waals surface area contributed by atoms with Gasteiger partial charge in [0.25, 0.3) is 0 Å². The molecule has 0 saturated heterocycles. The number of carbonyl (C=O) groups is 2. The average Bonchev–Trinajstić information content (AvgIpc) is 3.26. The van der Waals surface area contributed by atoms with E-state index in [-0.39, 0.29) is 24.4 Å². The van der Waals surface area contributed by atoms with Gasteiger partial charge in [-0.05, 0) is 26.0 Å². The van der Waals surface area contributed by atoms with E-state index in [0.717, 1.165) is 5.56 Å². The lowest BCUT2D eigenvalue weighted by molar-refractivity contribution is -0.116. The zero-order chi connectivity index (χ0) is 24.7. The smallest absolute Gasteiger partial charge is 0.317 e. The largest absolute Gasteiger partial charge is 0.497 e. The summed E-state index contributed by atoms with van der Waals surface area (Å²) in [4.78, 5) is 31.1. The van der Waals surface area contributed by atoms with Crippen molar-refractivity contribution in [3.8, 4) is 28.4 Å². The minimum absolute atomic E-state index is 0.118. The van der Waals surface area contributed by atoms with E-state index in [2.05, 4.69) is 15.6 Å². The van der Waals surface area contributed by atoms with Crippen molar-refractivity contribution in [2.24, 2.45) is 0 Å². The predicted octanol–water partition coefficient (Wildman–Crippen LogP) is 4.20. The van der Waals surface area contributed by atoms with Gasteiger partial charge in [-0.25, -0.2) is 9.78 Å². The number of amides is 3. The maximum atomic E-state index is 12.9. The maximum absolute atomic E-state index is 12.9. The molecule has 3 aromatic rings. The van der Waals surface area contributed by atoms with Crippen molar-refractivity contribution < 1.29 is 19.1 Å². The molecule has 0 saturated carbocycles. The van der Waals surface area contributed by atoms with Crippen LogP contribution in [-0.2, 0) is 4.79 Å². The molecule has 0 aliphatic rings. The van der Waals surface area contributed by atoms with Crippen LogP contribution in [0.5, 0.6) is 11.5 Å². The molecule has 9 nitrogen and oxygen atoms in total. The van der Waals surface area contributed by atoms with Gasteiger partial charge in [0.2, 0.25) is 11.9 Å². The number of imidazole rings is 1. The highest BCUT2D eigenvalue weighted by Gasteiger charge is 2.19. The lowest BCUT2D eigenvalue weighted by atomic mass is 10.2. The van der Waals surface area contributed by atoms with Crippen LogP contribution < -0.4 is 20.1 Å². The van der Waals surface area contributed by atoms with Crippen molar-refractivity contribution in [3.63, 3.8) is 0 Å². The minimum Gasteiger partial charge on any atom is -0.497 e. The van der Waals surface area contributed by atoms with Gasteiger partial charge in [-0.15, -0.1) is 0 Å². The number of nitrogens with one attached hydrogen (secondary N) is 2. The first-order valence-electron chi connectivity index (χ1n) is 10.8. The van der Waals surface area contributed by atoms with Crippen molar-refractivity contribution in [2.75, 3.05) is 39.2 Å². The van der Waals surface area contributed by atoms with Crippen molar-refractivity contribution in [1.82, 2.24) is 19.8 Å². The van der Waals surface area contributed by atoms with Gasteiger partial charge in [-0.3, -0.25) is 14.7 Å². The number of halogens is 1. The summed E-state index contributed by atoms with van der Waals surface area (Å²) in [7, 11) is 3.13. The fourth-order valence-corrected chi connectivity index (χ4v) is 3.41. The number of nitrogens with zero attached hydrogens (tertiary/aromatic N) is 3. The molecule has 10 heteroatoms. The average molecular weight is 486 g/mol. The molecule has 0 unspecified atom stereocenters. The molecule has 3 rings (SSSR count). The van der Waals surface area contributed by atoms with Crippen LogP contribution in [0.2, 0.25) is 5.02 Å². The zero-order valence-electron chi connectivity index (χ0n) is 19.6. The molecule has 34 heavy (non-hydrogen) atoms. The Balaban J connectivity index is 1.99. The van der Waals surface area contributed by atoms with E-state index in [9.17, 15) is 9.59 Å². The van der Waals surface area contributed by atoms with Gasteiger partial charge >= 0.3 is 6.03 Å². The molecule has 0 aliphatic carbocycles. The van der Waals surface area contributed by atoms with Gasteiger partial charge in [0.15, 0.2) is 0 Å². The highest BCUT2D eigenvalue weighted by Crippen LogP contribution is 2.30. The summed E-state index contributed by atoms with van der Waals surface area (Å²) >= 11 is 6.03. The van der Waals surface area contributed by atoms with Gasteiger partial charge in [0, 0.05) is 48.1 Å². The second-order valence-corrected chi connectivity index (χ2v) is 7.73. The summed E-state index contributed by atoms with van der Waals surface area (Å²) in [6, 6.07) is 12.3. The van der Waals surface area contributed by atoms with Gasteiger partial charge < -0.3 is 19.7 Å². The molecule has 180 valence electrons. The van der Waals surface area contributed by atoms with Crippen LogP contribution in [0.4, 0.5) is 10.7 Å². The standard InChI is InChI=1S/C24H28ClN5O4/c1-5-26-24(32)29(6-2)15-22(31)28-23-27-21(16-7-9-17(25)10-8-16)14-30(23)18-11-19(33-3)13-20(12-18)34-4/h7-14H,5-6,15H2,1-4H3,(H,26,32)(H,27,28,31). The number of aromatic nitrogens is 2. The van der Waals surface area contributed by atoms with Crippen molar-refractivity contribution in [1.29, 1.82) is 0 Å². The van der Waals surface area contributed by atoms with E-state index in [0.29, 0.717) is 41.0 Å². The Morgan fingerprint density at radius 1 is 1.06 bits per heavy atom. The third-order valence-corrected chi connectivity index (χ3v) is 5.29. The third-order valence-electron chi connectivity index (χ3n) is 5.04. The number of benzene rings is 2. The Hall–Kier alpha value is -3.72. The summed E-state index contributed by atoms with van der Waals surface area (Å²) in [5.41, 5.74) is 2.13. The first-order chi connectivity index (χ1) is 16.4. The summed E-state index contributed by atoms with van der Waals surface area (Å²) in [6.45, 7) is 4.38. The molecule has 1 heterocycles. The van der Waals surface area contributed by atoms with Gasteiger partial charge in [-0.2, -0.15) is 0 Å². The molecule has 0 radical (unpaired) electrons. The number of anilines is 1. The molecular formula is C24H28ClN5O4. The monoisotopic (exact) mass is 485 g/mol.